The number of carboxylic acids is 1. The number of aliphatic carboxylic acids is 1. The zero-order chi connectivity index (χ0) is 11.4. The summed E-state index contributed by atoms with van der Waals surface area (Å²) >= 11 is 1.39. The maximum atomic E-state index is 11.2. The third kappa shape index (κ3) is 2.80. The van der Waals surface area contributed by atoms with Gasteiger partial charge in [-0.05, 0) is 12.8 Å². The van der Waals surface area contributed by atoms with Crippen molar-refractivity contribution in [1.29, 1.82) is 0 Å². The quantitative estimate of drug-likeness (QED) is 0.847. The highest BCUT2D eigenvalue weighted by Gasteiger charge is 2.25. The van der Waals surface area contributed by atoms with Gasteiger partial charge in [-0.1, -0.05) is 19.3 Å². The van der Waals surface area contributed by atoms with Crippen molar-refractivity contribution in [2.75, 3.05) is 0 Å². The number of nitrogens with one attached hydrogen (secondary N) is 1. The number of carbonyl (C=O) groups is 1. The predicted octanol–water partition coefficient (Wildman–Crippen LogP) is 2.19. The number of aromatic nitrogens is 1. The molecule has 5 heteroatoms. The fourth-order valence-corrected chi connectivity index (χ4v) is 2.82. The summed E-state index contributed by atoms with van der Waals surface area (Å²) in [6, 6.07) is -0.243. The zero-order valence-corrected chi connectivity index (χ0v) is 9.87. The molecule has 88 valence electrons. The predicted molar refractivity (Wildman–Crippen MR) is 62.5 cm³/mol. The number of hydrogen-bond donors (Lipinski definition) is 2. The Morgan fingerprint density at radius 2 is 2.25 bits per heavy atom. The fourth-order valence-electron chi connectivity index (χ4n) is 2.15. The van der Waals surface area contributed by atoms with Crippen molar-refractivity contribution in [2.24, 2.45) is 0 Å². The largest absolute Gasteiger partial charge is 0.480 e. The van der Waals surface area contributed by atoms with Crippen LogP contribution in [-0.2, 0) is 4.79 Å². The SMILES string of the molecule is O=C(O)C(NC1CCCCC1)c1cncs1. The summed E-state index contributed by atoms with van der Waals surface area (Å²) in [7, 11) is 0. The maximum absolute atomic E-state index is 11.2. The summed E-state index contributed by atoms with van der Waals surface area (Å²) in [5.41, 5.74) is 1.67. The topological polar surface area (TPSA) is 62.2 Å². The van der Waals surface area contributed by atoms with Gasteiger partial charge in [-0.2, -0.15) is 0 Å². The molecular formula is C11H16N2O2S. The van der Waals surface area contributed by atoms with Crippen molar-refractivity contribution in [2.45, 2.75) is 44.2 Å². The molecule has 1 fully saturated rings. The molecule has 1 unspecified atom stereocenters. The normalized spacial score (nSPS) is 19.5. The summed E-state index contributed by atoms with van der Waals surface area (Å²) in [5.74, 6) is -0.810. The molecule has 0 saturated heterocycles. The van der Waals surface area contributed by atoms with Crippen molar-refractivity contribution >= 4 is 17.3 Å². The molecule has 1 atom stereocenters. The lowest BCUT2D eigenvalue weighted by Gasteiger charge is -2.25. The van der Waals surface area contributed by atoms with E-state index < -0.39 is 12.0 Å². The molecule has 0 bridgehead atoms. The van der Waals surface area contributed by atoms with Crippen LogP contribution in [0.4, 0.5) is 0 Å². The summed E-state index contributed by atoms with van der Waals surface area (Å²) in [5, 5.41) is 12.4. The Balaban J connectivity index is 2.00. The molecule has 4 nitrogen and oxygen atoms in total. The first-order chi connectivity index (χ1) is 7.77. The Bertz CT molecular complexity index is 334. The highest BCUT2D eigenvalue weighted by atomic mass is 32.1. The molecule has 1 aromatic rings. The van der Waals surface area contributed by atoms with E-state index in [1.165, 1.54) is 30.6 Å². The van der Waals surface area contributed by atoms with Crippen LogP contribution >= 0.6 is 11.3 Å². The molecule has 0 aliphatic heterocycles. The van der Waals surface area contributed by atoms with Crippen LogP contribution in [0.5, 0.6) is 0 Å². The summed E-state index contributed by atoms with van der Waals surface area (Å²) in [6.07, 6.45) is 7.49. The van der Waals surface area contributed by atoms with E-state index in [9.17, 15) is 9.90 Å². The van der Waals surface area contributed by atoms with Gasteiger partial charge in [-0.3, -0.25) is 15.1 Å². The van der Waals surface area contributed by atoms with E-state index in [0.717, 1.165) is 17.7 Å². The smallest absolute Gasteiger partial charge is 0.326 e. The summed E-state index contributed by atoms with van der Waals surface area (Å²) in [4.78, 5) is 15.9. The van der Waals surface area contributed by atoms with Gasteiger partial charge in [-0.15, -0.1) is 11.3 Å². The highest BCUT2D eigenvalue weighted by molar-refractivity contribution is 7.09. The molecule has 1 aliphatic rings. The molecule has 2 N–H and O–H groups in total. The van der Waals surface area contributed by atoms with Crippen LogP contribution in [0.1, 0.15) is 43.0 Å². The molecular weight excluding hydrogens is 224 g/mol. The maximum Gasteiger partial charge on any atom is 0.326 e. The number of hydrogen-bond acceptors (Lipinski definition) is 4. The zero-order valence-electron chi connectivity index (χ0n) is 9.06. The van der Waals surface area contributed by atoms with Crippen molar-refractivity contribution in [3.63, 3.8) is 0 Å². The number of thiazole rings is 1. The third-order valence-electron chi connectivity index (χ3n) is 2.99. The second-order valence-electron chi connectivity index (χ2n) is 4.18. The van der Waals surface area contributed by atoms with E-state index in [1.54, 1.807) is 11.7 Å². The molecule has 16 heavy (non-hydrogen) atoms. The number of nitrogens with zero attached hydrogens (tertiary/aromatic N) is 1. The minimum absolute atomic E-state index is 0.344. The Labute approximate surface area is 98.7 Å². The lowest BCUT2D eigenvalue weighted by atomic mass is 9.95. The van der Waals surface area contributed by atoms with Crippen LogP contribution in [0.3, 0.4) is 0 Å². The summed E-state index contributed by atoms with van der Waals surface area (Å²) in [6.45, 7) is 0. The molecule has 0 spiro atoms. The highest BCUT2D eigenvalue weighted by Crippen LogP contribution is 2.23. The lowest BCUT2D eigenvalue weighted by molar-refractivity contribution is -0.139. The first-order valence-corrected chi connectivity index (χ1v) is 6.52. The minimum atomic E-state index is -0.810. The van der Waals surface area contributed by atoms with Gasteiger partial charge in [0.2, 0.25) is 0 Å². The molecule has 0 radical (unpaired) electrons. The van der Waals surface area contributed by atoms with Crippen LogP contribution in [-0.4, -0.2) is 22.1 Å². The first kappa shape index (κ1) is 11.5. The Hall–Kier alpha value is -0.940. The van der Waals surface area contributed by atoms with Crippen molar-refractivity contribution in [3.05, 3.63) is 16.6 Å². The minimum Gasteiger partial charge on any atom is -0.480 e. The van der Waals surface area contributed by atoms with Crippen LogP contribution in [0.25, 0.3) is 0 Å². The van der Waals surface area contributed by atoms with Gasteiger partial charge < -0.3 is 5.11 Å². The van der Waals surface area contributed by atoms with E-state index in [4.69, 9.17) is 0 Å². The average Bonchev–Trinajstić information content (AvgIpc) is 2.80. The van der Waals surface area contributed by atoms with E-state index in [0.29, 0.717) is 6.04 Å². The van der Waals surface area contributed by atoms with Crippen LogP contribution < -0.4 is 5.32 Å². The lowest BCUT2D eigenvalue weighted by Crippen LogP contribution is -2.37. The van der Waals surface area contributed by atoms with Gasteiger partial charge in [0.25, 0.3) is 0 Å². The van der Waals surface area contributed by atoms with Gasteiger partial charge >= 0.3 is 5.97 Å². The summed E-state index contributed by atoms with van der Waals surface area (Å²) < 4.78 is 0. The first-order valence-electron chi connectivity index (χ1n) is 5.64. The second kappa shape index (κ2) is 5.41. The monoisotopic (exact) mass is 240 g/mol. The van der Waals surface area contributed by atoms with Gasteiger partial charge in [0.15, 0.2) is 0 Å². The molecule has 1 saturated carbocycles. The fraction of sp³-hybridized carbons (Fsp3) is 0.636. The Morgan fingerprint density at radius 3 is 2.81 bits per heavy atom. The van der Waals surface area contributed by atoms with Gasteiger partial charge in [-0.25, -0.2) is 0 Å². The van der Waals surface area contributed by atoms with Gasteiger partial charge in [0, 0.05) is 12.2 Å². The second-order valence-corrected chi connectivity index (χ2v) is 5.09. The number of carboxylic acid groups (broad SMARTS) is 1. The Kier molecular flexibility index (Phi) is 3.90. The van der Waals surface area contributed by atoms with Crippen molar-refractivity contribution < 1.29 is 9.90 Å². The van der Waals surface area contributed by atoms with Crippen molar-refractivity contribution in [1.82, 2.24) is 10.3 Å². The number of rotatable bonds is 4. The molecule has 0 amide bonds. The molecule has 1 aliphatic carbocycles. The van der Waals surface area contributed by atoms with E-state index in [2.05, 4.69) is 10.3 Å². The van der Waals surface area contributed by atoms with Crippen molar-refractivity contribution in [3.8, 4) is 0 Å². The average molecular weight is 240 g/mol. The van der Waals surface area contributed by atoms with Crippen LogP contribution in [0, 0.1) is 0 Å². The molecule has 2 rings (SSSR count). The van der Waals surface area contributed by atoms with E-state index >= 15 is 0 Å². The molecule has 0 aromatic carbocycles. The van der Waals surface area contributed by atoms with Gasteiger partial charge in [0.05, 0.1) is 10.4 Å². The molecule has 1 aromatic heterocycles. The van der Waals surface area contributed by atoms with E-state index in [1.807, 2.05) is 0 Å². The van der Waals surface area contributed by atoms with E-state index in [-0.39, 0.29) is 0 Å². The van der Waals surface area contributed by atoms with Crippen LogP contribution in [0.2, 0.25) is 0 Å². The van der Waals surface area contributed by atoms with Crippen LogP contribution in [0.15, 0.2) is 11.7 Å². The Morgan fingerprint density at radius 1 is 1.50 bits per heavy atom. The van der Waals surface area contributed by atoms with Gasteiger partial charge in [0.1, 0.15) is 6.04 Å². The standard InChI is InChI=1S/C11H16N2O2S/c14-11(15)10(9-6-12-7-16-9)13-8-4-2-1-3-5-8/h6-8,10,13H,1-5H2,(H,14,15). The third-order valence-corrected chi connectivity index (χ3v) is 3.83. The molecule has 1 heterocycles.